The lowest BCUT2D eigenvalue weighted by atomic mass is 9.95. The summed E-state index contributed by atoms with van der Waals surface area (Å²) < 4.78 is 11.1. The fourth-order valence-corrected chi connectivity index (χ4v) is 3.37. The van der Waals surface area contributed by atoms with Crippen molar-refractivity contribution < 1.29 is 18.7 Å². The molecule has 6 heteroatoms. The molecule has 1 aromatic carbocycles. The van der Waals surface area contributed by atoms with Crippen molar-refractivity contribution in [2.45, 2.75) is 39.7 Å². The lowest BCUT2D eigenvalue weighted by Crippen LogP contribution is -2.44. The minimum atomic E-state index is -0.0491. The van der Waals surface area contributed by atoms with Gasteiger partial charge in [0.1, 0.15) is 11.3 Å². The molecule has 3 rings (SSSR count). The molecule has 1 aliphatic rings. The standard InChI is InChI=1S/C20H26N2O4/c1-4-25-17-11-15(12-18-16(17)7-10-26-18)20(24)22-8-5-14(6-9-22)19(23)21-13(2)3/h7,10-14H,4-6,8-9H2,1-3H3,(H,21,23). The molecule has 140 valence electrons. The lowest BCUT2D eigenvalue weighted by Gasteiger charge is -2.31. The molecule has 0 saturated carbocycles. The van der Waals surface area contributed by atoms with Crippen molar-refractivity contribution in [3.63, 3.8) is 0 Å². The molecule has 26 heavy (non-hydrogen) atoms. The molecule has 6 nitrogen and oxygen atoms in total. The van der Waals surface area contributed by atoms with Crippen LogP contribution >= 0.6 is 0 Å². The van der Waals surface area contributed by atoms with E-state index in [1.807, 2.05) is 26.8 Å². The number of rotatable bonds is 5. The van der Waals surface area contributed by atoms with E-state index < -0.39 is 0 Å². The molecule has 1 N–H and O–H groups in total. The summed E-state index contributed by atoms with van der Waals surface area (Å²) >= 11 is 0. The number of carbonyl (C=O) groups excluding carboxylic acids is 2. The Bertz CT molecular complexity index is 788. The van der Waals surface area contributed by atoms with Gasteiger partial charge in [-0.05, 0) is 51.8 Å². The number of fused-ring (bicyclic) bond motifs is 1. The molecule has 2 heterocycles. The van der Waals surface area contributed by atoms with Crippen LogP contribution in [0.25, 0.3) is 11.0 Å². The molecule has 0 unspecified atom stereocenters. The van der Waals surface area contributed by atoms with Crippen LogP contribution in [0.5, 0.6) is 5.75 Å². The Balaban J connectivity index is 1.70. The molecule has 1 aromatic heterocycles. The number of piperidine rings is 1. The van der Waals surface area contributed by atoms with Gasteiger partial charge >= 0.3 is 0 Å². The third-order valence-corrected chi connectivity index (χ3v) is 4.66. The third kappa shape index (κ3) is 3.84. The summed E-state index contributed by atoms with van der Waals surface area (Å²) in [5.74, 6) is 0.677. The molecule has 1 saturated heterocycles. The second kappa shape index (κ2) is 7.81. The minimum absolute atomic E-state index is 0.0204. The quantitative estimate of drug-likeness (QED) is 0.891. The number of amides is 2. The van der Waals surface area contributed by atoms with E-state index in [-0.39, 0.29) is 23.8 Å². The average molecular weight is 358 g/mol. The highest BCUT2D eigenvalue weighted by Crippen LogP contribution is 2.30. The van der Waals surface area contributed by atoms with Gasteiger partial charge in [0.25, 0.3) is 5.91 Å². The second-order valence-electron chi connectivity index (χ2n) is 6.97. The Morgan fingerprint density at radius 2 is 2.04 bits per heavy atom. The first-order valence-corrected chi connectivity index (χ1v) is 9.23. The normalized spacial score (nSPS) is 15.5. The minimum Gasteiger partial charge on any atom is -0.493 e. The van der Waals surface area contributed by atoms with Crippen molar-refractivity contribution in [3.8, 4) is 5.75 Å². The van der Waals surface area contributed by atoms with Gasteiger partial charge in [-0.3, -0.25) is 9.59 Å². The molecule has 2 aromatic rings. The summed E-state index contributed by atoms with van der Waals surface area (Å²) in [6, 6.07) is 5.52. The first-order chi connectivity index (χ1) is 12.5. The molecule has 0 spiro atoms. The molecule has 2 amide bonds. The highest BCUT2D eigenvalue weighted by molar-refractivity contribution is 5.99. The van der Waals surface area contributed by atoms with Crippen LogP contribution in [-0.4, -0.2) is 42.5 Å². The number of carbonyl (C=O) groups is 2. The van der Waals surface area contributed by atoms with Gasteiger partial charge in [0.2, 0.25) is 5.91 Å². The van der Waals surface area contributed by atoms with Crippen molar-refractivity contribution in [2.75, 3.05) is 19.7 Å². The number of hydrogen-bond donors (Lipinski definition) is 1. The zero-order valence-electron chi connectivity index (χ0n) is 15.6. The highest BCUT2D eigenvalue weighted by atomic mass is 16.5. The lowest BCUT2D eigenvalue weighted by molar-refractivity contribution is -0.126. The van der Waals surface area contributed by atoms with Crippen LogP contribution in [0, 0.1) is 5.92 Å². The van der Waals surface area contributed by atoms with Gasteiger partial charge < -0.3 is 19.4 Å². The number of nitrogens with zero attached hydrogens (tertiary/aromatic N) is 1. The summed E-state index contributed by atoms with van der Waals surface area (Å²) in [4.78, 5) is 26.9. The molecule has 0 radical (unpaired) electrons. The van der Waals surface area contributed by atoms with Gasteiger partial charge in [0.05, 0.1) is 18.3 Å². The maximum atomic E-state index is 12.9. The van der Waals surface area contributed by atoms with Gasteiger partial charge in [-0.2, -0.15) is 0 Å². The predicted octanol–water partition coefficient (Wildman–Crippen LogP) is 3.21. The Morgan fingerprint density at radius 3 is 2.69 bits per heavy atom. The van der Waals surface area contributed by atoms with Crippen molar-refractivity contribution in [1.82, 2.24) is 10.2 Å². The number of likely N-dealkylation sites (tertiary alicyclic amines) is 1. The fourth-order valence-electron chi connectivity index (χ4n) is 3.37. The molecule has 1 fully saturated rings. The van der Waals surface area contributed by atoms with Crippen LogP contribution in [0.2, 0.25) is 0 Å². The number of furan rings is 1. The molecular weight excluding hydrogens is 332 g/mol. The molecule has 0 aliphatic carbocycles. The SMILES string of the molecule is CCOc1cc(C(=O)N2CCC(C(=O)NC(C)C)CC2)cc2occc12. The van der Waals surface area contributed by atoms with E-state index in [0.29, 0.717) is 49.4 Å². The molecule has 0 bridgehead atoms. The topological polar surface area (TPSA) is 71.8 Å². The first kappa shape index (κ1) is 18.3. The van der Waals surface area contributed by atoms with Crippen LogP contribution < -0.4 is 10.1 Å². The zero-order chi connectivity index (χ0) is 18.7. The largest absolute Gasteiger partial charge is 0.493 e. The molecular formula is C20H26N2O4. The first-order valence-electron chi connectivity index (χ1n) is 9.23. The monoisotopic (exact) mass is 358 g/mol. The Hall–Kier alpha value is -2.50. The molecule has 1 aliphatic heterocycles. The maximum Gasteiger partial charge on any atom is 0.254 e. The van der Waals surface area contributed by atoms with Crippen LogP contribution in [0.15, 0.2) is 28.9 Å². The third-order valence-electron chi connectivity index (χ3n) is 4.66. The van der Waals surface area contributed by atoms with Crippen molar-refractivity contribution in [1.29, 1.82) is 0 Å². The van der Waals surface area contributed by atoms with Crippen LogP contribution in [0.1, 0.15) is 44.0 Å². The van der Waals surface area contributed by atoms with E-state index in [9.17, 15) is 9.59 Å². The number of nitrogens with one attached hydrogen (secondary N) is 1. The molecule has 0 atom stereocenters. The van der Waals surface area contributed by atoms with E-state index >= 15 is 0 Å². The number of ether oxygens (including phenoxy) is 1. The second-order valence-corrected chi connectivity index (χ2v) is 6.97. The Labute approximate surface area is 153 Å². The fraction of sp³-hybridized carbons (Fsp3) is 0.500. The van der Waals surface area contributed by atoms with Gasteiger partial charge in [-0.15, -0.1) is 0 Å². The summed E-state index contributed by atoms with van der Waals surface area (Å²) in [7, 11) is 0. The summed E-state index contributed by atoms with van der Waals surface area (Å²) in [5, 5.41) is 3.82. The van der Waals surface area contributed by atoms with Crippen molar-refractivity contribution in [3.05, 3.63) is 30.0 Å². The highest BCUT2D eigenvalue weighted by Gasteiger charge is 2.28. The van der Waals surface area contributed by atoms with Crippen LogP contribution in [0.4, 0.5) is 0 Å². The average Bonchev–Trinajstić information content (AvgIpc) is 3.10. The van der Waals surface area contributed by atoms with Gasteiger partial charge in [0.15, 0.2) is 0 Å². The van der Waals surface area contributed by atoms with Gasteiger partial charge in [0, 0.05) is 30.6 Å². The summed E-state index contributed by atoms with van der Waals surface area (Å²) in [6.07, 6.45) is 2.97. The van der Waals surface area contributed by atoms with E-state index in [4.69, 9.17) is 9.15 Å². The predicted molar refractivity (Wildman–Crippen MR) is 99.3 cm³/mol. The zero-order valence-corrected chi connectivity index (χ0v) is 15.6. The van der Waals surface area contributed by atoms with Crippen LogP contribution in [0.3, 0.4) is 0 Å². The summed E-state index contributed by atoms with van der Waals surface area (Å²) in [5.41, 5.74) is 1.20. The van der Waals surface area contributed by atoms with Crippen molar-refractivity contribution in [2.24, 2.45) is 5.92 Å². The van der Waals surface area contributed by atoms with Crippen molar-refractivity contribution >= 4 is 22.8 Å². The van der Waals surface area contributed by atoms with E-state index in [1.54, 1.807) is 23.3 Å². The van der Waals surface area contributed by atoms with Crippen LogP contribution in [-0.2, 0) is 4.79 Å². The Morgan fingerprint density at radius 1 is 1.31 bits per heavy atom. The van der Waals surface area contributed by atoms with Gasteiger partial charge in [-0.25, -0.2) is 0 Å². The number of hydrogen-bond acceptors (Lipinski definition) is 4. The van der Waals surface area contributed by atoms with Gasteiger partial charge in [-0.1, -0.05) is 0 Å². The summed E-state index contributed by atoms with van der Waals surface area (Å²) in [6.45, 7) is 7.50. The van der Waals surface area contributed by atoms with E-state index in [2.05, 4.69) is 5.32 Å². The number of benzene rings is 1. The van der Waals surface area contributed by atoms with E-state index in [1.165, 1.54) is 0 Å². The Kier molecular flexibility index (Phi) is 5.49. The maximum absolute atomic E-state index is 12.9. The van der Waals surface area contributed by atoms with E-state index in [0.717, 1.165) is 5.39 Å². The smallest absolute Gasteiger partial charge is 0.254 e.